The van der Waals surface area contributed by atoms with Crippen molar-refractivity contribution < 1.29 is 0 Å². The molecule has 0 saturated carbocycles. The fourth-order valence-electron chi connectivity index (χ4n) is 1.13. The first-order valence-electron chi connectivity index (χ1n) is 4.46. The van der Waals surface area contributed by atoms with Gasteiger partial charge in [-0.15, -0.1) is 10.2 Å². The van der Waals surface area contributed by atoms with Crippen LogP contribution in [0.25, 0.3) is 0 Å². The molecule has 2 heterocycles. The highest BCUT2D eigenvalue weighted by molar-refractivity contribution is 5.39. The van der Waals surface area contributed by atoms with Crippen LogP contribution in [0.2, 0.25) is 0 Å². The molecule has 0 amide bonds. The molecule has 1 unspecified atom stereocenters. The third kappa shape index (κ3) is 2.19. The Morgan fingerprint density at radius 3 is 2.87 bits per heavy atom. The van der Waals surface area contributed by atoms with Crippen LogP contribution < -0.4 is 11.1 Å². The molecular formula is C8H11N7. The lowest BCUT2D eigenvalue weighted by atomic mass is 10.3. The maximum absolute atomic E-state index is 5.42. The number of anilines is 2. The second-order valence-corrected chi connectivity index (χ2v) is 3.08. The topological polar surface area (TPSA) is 105 Å². The highest BCUT2D eigenvalue weighted by Crippen LogP contribution is 2.12. The normalized spacial score (nSPS) is 12.3. The van der Waals surface area contributed by atoms with Crippen molar-refractivity contribution in [1.29, 1.82) is 0 Å². The Morgan fingerprint density at radius 2 is 2.27 bits per heavy atom. The second-order valence-electron chi connectivity index (χ2n) is 3.08. The van der Waals surface area contributed by atoms with Crippen molar-refractivity contribution in [2.75, 3.05) is 11.1 Å². The molecule has 2 aromatic rings. The molecular weight excluding hydrogens is 194 g/mol. The maximum atomic E-state index is 5.42. The highest BCUT2D eigenvalue weighted by Gasteiger charge is 2.08. The van der Waals surface area contributed by atoms with Gasteiger partial charge in [0.2, 0.25) is 0 Å². The van der Waals surface area contributed by atoms with Gasteiger partial charge in [-0.05, 0) is 19.1 Å². The number of aromatic nitrogens is 5. The summed E-state index contributed by atoms with van der Waals surface area (Å²) in [6.07, 6.45) is 1.46. The molecule has 0 bridgehead atoms. The average molecular weight is 205 g/mol. The standard InChI is InChI=1S/C8H11N7/c1-5(8-10-4-11-15-8)12-7-3-2-6(9)13-14-7/h2-5H,1H3,(H2,9,13)(H,12,14)(H,10,11,15). The van der Waals surface area contributed by atoms with Crippen LogP contribution in [0.4, 0.5) is 11.6 Å². The molecule has 7 nitrogen and oxygen atoms in total. The molecule has 0 saturated heterocycles. The zero-order valence-corrected chi connectivity index (χ0v) is 8.18. The van der Waals surface area contributed by atoms with Crippen molar-refractivity contribution in [3.05, 3.63) is 24.3 Å². The van der Waals surface area contributed by atoms with E-state index in [4.69, 9.17) is 5.73 Å². The molecule has 0 aromatic carbocycles. The second kappa shape index (κ2) is 3.91. The van der Waals surface area contributed by atoms with Gasteiger partial charge in [0.15, 0.2) is 0 Å². The van der Waals surface area contributed by atoms with Gasteiger partial charge < -0.3 is 11.1 Å². The average Bonchev–Trinajstić information content (AvgIpc) is 2.74. The number of nitrogen functional groups attached to an aromatic ring is 1. The van der Waals surface area contributed by atoms with E-state index in [1.165, 1.54) is 6.33 Å². The number of hydrogen-bond donors (Lipinski definition) is 3. The summed E-state index contributed by atoms with van der Waals surface area (Å²) in [7, 11) is 0. The molecule has 0 aliphatic rings. The van der Waals surface area contributed by atoms with Crippen LogP contribution in [0.15, 0.2) is 18.5 Å². The Morgan fingerprint density at radius 1 is 1.40 bits per heavy atom. The van der Waals surface area contributed by atoms with E-state index in [0.717, 1.165) is 5.82 Å². The molecule has 0 radical (unpaired) electrons. The van der Waals surface area contributed by atoms with E-state index in [9.17, 15) is 0 Å². The summed E-state index contributed by atoms with van der Waals surface area (Å²) < 4.78 is 0. The van der Waals surface area contributed by atoms with Crippen molar-refractivity contribution in [2.24, 2.45) is 0 Å². The fourth-order valence-corrected chi connectivity index (χ4v) is 1.13. The largest absolute Gasteiger partial charge is 0.382 e. The molecule has 78 valence electrons. The summed E-state index contributed by atoms with van der Waals surface area (Å²) in [5.41, 5.74) is 5.42. The number of nitrogens with one attached hydrogen (secondary N) is 2. The van der Waals surface area contributed by atoms with Gasteiger partial charge in [-0.25, -0.2) is 4.98 Å². The van der Waals surface area contributed by atoms with Gasteiger partial charge in [0, 0.05) is 0 Å². The van der Waals surface area contributed by atoms with Gasteiger partial charge in [-0.3, -0.25) is 5.10 Å². The quantitative estimate of drug-likeness (QED) is 0.667. The van der Waals surface area contributed by atoms with Crippen molar-refractivity contribution in [3.63, 3.8) is 0 Å². The van der Waals surface area contributed by atoms with Crippen molar-refractivity contribution in [3.8, 4) is 0 Å². The van der Waals surface area contributed by atoms with E-state index in [1.807, 2.05) is 6.92 Å². The van der Waals surface area contributed by atoms with E-state index in [2.05, 4.69) is 30.7 Å². The molecule has 15 heavy (non-hydrogen) atoms. The van der Waals surface area contributed by atoms with E-state index in [1.54, 1.807) is 12.1 Å². The Hall–Kier alpha value is -2.18. The van der Waals surface area contributed by atoms with Gasteiger partial charge in [-0.2, -0.15) is 5.10 Å². The van der Waals surface area contributed by atoms with Crippen molar-refractivity contribution in [1.82, 2.24) is 25.4 Å². The van der Waals surface area contributed by atoms with Crippen molar-refractivity contribution >= 4 is 11.6 Å². The minimum atomic E-state index is -0.00887. The lowest BCUT2D eigenvalue weighted by Crippen LogP contribution is -2.10. The van der Waals surface area contributed by atoms with Crippen LogP contribution in [0.1, 0.15) is 18.8 Å². The number of H-pyrrole nitrogens is 1. The Kier molecular flexibility index (Phi) is 2.44. The minimum absolute atomic E-state index is 0.00887. The third-order valence-electron chi connectivity index (χ3n) is 1.89. The van der Waals surface area contributed by atoms with Crippen LogP contribution in [0, 0.1) is 0 Å². The fraction of sp³-hybridized carbons (Fsp3) is 0.250. The predicted molar refractivity (Wildman–Crippen MR) is 54.9 cm³/mol. The Balaban J connectivity index is 2.06. The summed E-state index contributed by atoms with van der Waals surface area (Å²) in [5, 5.41) is 17.3. The lowest BCUT2D eigenvalue weighted by Gasteiger charge is -2.10. The molecule has 4 N–H and O–H groups in total. The summed E-state index contributed by atoms with van der Waals surface area (Å²) in [6.45, 7) is 1.94. The summed E-state index contributed by atoms with van der Waals surface area (Å²) >= 11 is 0. The first-order chi connectivity index (χ1) is 7.25. The Bertz CT molecular complexity index is 407. The number of nitrogens with two attached hydrogens (primary N) is 1. The summed E-state index contributed by atoms with van der Waals surface area (Å²) in [6, 6.07) is 3.43. The van der Waals surface area contributed by atoms with Crippen LogP contribution >= 0.6 is 0 Å². The summed E-state index contributed by atoms with van der Waals surface area (Å²) in [4.78, 5) is 4.03. The lowest BCUT2D eigenvalue weighted by molar-refractivity contribution is 0.785. The van der Waals surface area contributed by atoms with Gasteiger partial charge in [-0.1, -0.05) is 0 Å². The van der Waals surface area contributed by atoms with E-state index >= 15 is 0 Å². The molecule has 0 aliphatic heterocycles. The molecule has 0 fully saturated rings. The highest BCUT2D eigenvalue weighted by atomic mass is 15.2. The van der Waals surface area contributed by atoms with Gasteiger partial charge >= 0.3 is 0 Å². The van der Waals surface area contributed by atoms with Crippen LogP contribution in [0.5, 0.6) is 0 Å². The zero-order chi connectivity index (χ0) is 10.7. The van der Waals surface area contributed by atoms with Gasteiger partial charge in [0.1, 0.15) is 23.8 Å². The zero-order valence-electron chi connectivity index (χ0n) is 8.18. The number of hydrogen-bond acceptors (Lipinski definition) is 6. The van der Waals surface area contributed by atoms with E-state index in [-0.39, 0.29) is 6.04 Å². The molecule has 1 atom stereocenters. The van der Waals surface area contributed by atoms with Crippen LogP contribution in [-0.4, -0.2) is 25.4 Å². The molecule has 2 aromatic heterocycles. The van der Waals surface area contributed by atoms with E-state index in [0.29, 0.717) is 11.6 Å². The smallest absolute Gasteiger partial charge is 0.149 e. The monoisotopic (exact) mass is 205 g/mol. The number of aromatic amines is 1. The summed E-state index contributed by atoms with van der Waals surface area (Å²) in [5.74, 6) is 1.79. The van der Waals surface area contributed by atoms with E-state index < -0.39 is 0 Å². The third-order valence-corrected chi connectivity index (χ3v) is 1.89. The van der Waals surface area contributed by atoms with Gasteiger partial charge in [0.05, 0.1) is 6.04 Å². The maximum Gasteiger partial charge on any atom is 0.149 e. The molecule has 7 heteroatoms. The van der Waals surface area contributed by atoms with Crippen LogP contribution in [-0.2, 0) is 0 Å². The minimum Gasteiger partial charge on any atom is -0.382 e. The molecule has 0 spiro atoms. The van der Waals surface area contributed by atoms with Crippen molar-refractivity contribution in [2.45, 2.75) is 13.0 Å². The SMILES string of the molecule is CC(Nc1ccc(N)nn1)c1ncn[nH]1. The van der Waals surface area contributed by atoms with Gasteiger partial charge in [0.25, 0.3) is 0 Å². The molecule has 0 aliphatic carbocycles. The van der Waals surface area contributed by atoms with Crippen LogP contribution in [0.3, 0.4) is 0 Å². The Labute approximate surface area is 86.1 Å². The first kappa shape index (κ1) is 9.38. The molecule has 2 rings (SSSR count). The number of rotatable bonds is 3. The first-order valence-corrected chi connectivity index (χ1v) is 4.46. The number of nitrogens with zero attached hydrogens (tertiary/aromatic N) is 4. The predicted octanol–water partition coefficient (Wildman–Crippen LogP) is 0.350.